The first-order chi connectivity index (χ1) is 14.7. The SMILES string of the molecule is COc1ccc2c3c(cnc2c1)N([SH]=O)CCN3Cc1c(F)cc(S(N)(=O)=O)cc1F. The number of nitrogens with two attached hydrogens (primary N) is 1. The fourth-order valence-corrected chi connectivity index (χ4v) is 4.51. The van der Waals surface area contributed by atoms with Crippen molar-refractivity contribution in [2.45, 2.75) is 11.4 Å². The highest BCUT2D eigenvalue weighted by Crippen LogP contribution is 2.40. The molecule has 164 valence electrons. The summed E-state index contributed by atoms with van der Waals surface area (Å²) in [6.45, 7) is 0.480. The van der Waals surface area contributed by atoms with Gasteiger partial charge >= 0.3 is 0 Å². The van der Waals surface area contributed by atoms with Crippen LogP contribution in [0.1, 0.15) is 5.56 Å². The van der Waals surface area contributed by atoms with Crippen LogP contribution in [-0.2, 0) is 28.4 Å². The van der Waals surface area contributed by atoms with E-state index in [2.05, 4.69) is 4.98 Å². The summed E-state index contributed by atoms with van der Waals surface area (Å²) in [5.74, 6) is -1.44. The van der Waals surface area contributed by atoms with Crippen LogP contribution in [0.2, 0.25) is 0 Å². The summed E-state index contributed by atoms with van der Waals surface area (Å²) in [6, 6.07) is 6.64. The quantitative estimate of drug-likeness (QED) is 0.554. The van der Waals surface area contributed by atoms with Crippen molar-refractivity contribution in [1.82, 2.24) is 4.98 Å². The molecule has 3 aromatic rings. The second-order valence-corrected chi connectivity index (χ2v) is 9.12. The van der Waals surface area contributed by atoms with Crippen molar-refractivity contribution in [3.8, 4) is 5.75 Å². The lowest BCUT2D eigenvalue weighted by Gasteiger charge is -2.36. The van der Waals surface area contributed by atoms with Gasteiger partial charge < -0.3 is 9.64 Å². The maximum Gasteiger partial charge on any atom is 0.238 e. The molecule has 0 aliphatic carbocycles. The Kier molecular flexibility index (Phi) is 5.54. The summed E-state index contributed by atoms with van der Waals surface area (Å²) in [5.41, 5.74) is 1.45. The molecule has 4 rings (SSSR count). The number of nitrogens with zero attached hydrogens (tertiary/aromatic N) is 3. The number of pyridine rings is 1. The molecule has 0 atom stereocenters. The molecule has 8 nitrogen and oxygen atoms in total. The van der Waals surface area contributed by atoms with Gasteiger partial charge in [0, 0.05) is 36.7 Å². The molecule has 2 aromatic carbocycles. The number of fused-ring (bicyclic) bond motifs is 3. The summed E-state index contributed by atoms with van der Waals surface area (Å²) < 4.78 is 70.6. The second-order valence-electron chi connectivity index (χ2n) is 6.91. The predicted octanol–water partition coefficient (Wildman–Crippen LogP) is 1.86. The van der Waals surface area contributed by atoms with Crippen LogP contribution in [0.5, 0.6) is 5.75 Å². The van der Waals surface area contributed by atoms with Gasteiger partial charge in [-0.15, -0.1) is 0 Å². The Bertz CT molecular complexity index is 1280. The molecule has 12 heteroatoms. The minimum Gasteiger partial charge on any atom is -0.497 e. The van der Waals surface area contributed by atoms with E-state index < -0.39 is 26.6 Å². The van der Waals surface area contributed by atoms with Crippen LogP contribution in [0, 0.1) is 11.6 Å². The van der Waals surface area contributed by atoms with Crippen LogP contribution < -0.4 is 19.1 Å². The van der Waals surface area contributed by atoms with Gasteiger partial charge in [-0.1, -0.05) is 0 Å². The van der Waals surface area contributed by atoms with Crippen LogP contribution in [0.25, 0.3) is 10.9 Å². The van der Waals surface area contributed by atoms with E-state index in [1.165, 1.54) is 7.11 Å². The Balaban J connectivity index is 1.83. The van der Waals surface area contributed by atoms with Gasteiger partial charge in [0.25, 0.3) is 0 Å². The van der Waals surface area contributed by atoms with E-state index in [0.717, 1.165) is 0 Å². The van der Waals surface area contributed by atoms with Crippen molar-refractivity contribution in [3.63, 3.8) is 0 Å². The number of benzene rings is 2. The molecule has 0 radical (unpaired) electrons. The lowest BCUT2D eigenvalue weighted by atomic mass is 10.1. The number of thiol groups is 1. The first kappa shape index (κ1) is 21.4. The van der Waals surface area contributed by atoms with Crippen molar-refractivity contribution in [2.75, 3.05) is 29.4 Å². The number of hydrogen-bond donors (Lipinski definition) is 2. The molecule has 0 bridgehead atoms. The van der Waals surface area contributed by atoms with Crippen LogP contribution in [-0.4, -0.2) is 37.8 Å². The minimum atomic E-state index is -4.25. The molecule has 1 aliphatic heterocycles. The number of hydrogen-bond acceptors (Lipinski definition) is 6. The first-order valence-corrected chi connectivity index (χ1v) is 11.4. The van der Waals surface area contributed by atoms with Gasteiger partial charge in [0.05, 0.1) is 35.1 Å². The van der Waals surface area contributed by atoms with Crippen molar-refractivity contribution >= 4 is 44.2 Å². The predicted molar refractivity (Wildman–Crippen MR) is 114 cm³/mol. The Hall–Kier alpha value is -2.83. The van der Waals surface area contributed by atoms with E-state index in [1.54, 1.807) is 33.6 Å². The number of rotatable bonds is 5. The molecule has 0 saturated heterocycles. The molecule has 0 fully saturated rings. The molecule has 0 amide bonds. The second kappa shape index (κ2) is 8.02. The van der Waals surface area contributed by atoms with Crippen molar-refractivity contribution in [2.24, 2.45) is 5.14 Å². The number of anilines is 2. The van der Waals surface area contributed by atoms with Crippen LogP contribution >= 0.6 is 0 Å². The number of primary sulfonamides is 1. The lowest BCUT2D eigenvalue weighted by molar-refractivity contribution is 0.415. The molecular weight excluding hydrogens is 450 g/mol. The molecule has 0 spiro atoms. The highest BCUT2D eigenvalue weighted by atomic mass is 32.2. The molecule has 0 unspecified atom stereocenters. The number of methoxy groups -OCH3 is 1. The van der Waals surface area contributed by atoms with E-state index >= 15 is 0 Å². The molecule has 31 heavy (non-hydrogen) atoms. The summed E-state index contributed by atoms with van der Waals surface area (Å²) in [7, 11) is -2.72. The molecule has 2 heterocycles. The zero-order chi connectivity index (χ0) is 22.3. The number of aromatic nitrogens is 1. The van der Waals surface area contributed by atoms with Gasteiger partial charge in [-0.05, 0) is 24.3 Å². The number of sulfonamides is 1. The van der Waals surface area contributed by atoms with E-state index in [1.807, 2.05) is 0 Å². The third kappa shape index (κ3) is 3.93. The van der Waals surface area contributed by atoms with Crippen LogP contribution in [0.15, 0.2) is 41.4 Å². The molecule has 2 N–H and O–H groups in total. The Labute approximate surface area is 180 Å². The highest BCUT2D eigenvalue weighted by Gasteiger charge is 2.27. The van der Waals surface area contributed by atoms with Gasteiger partial charge in [0.15, 0.2) is 0 Å². The summed E-state index contributed by atoms with van der Waals surface area (Å²) in [5, 5.41) is 5.67. The van der Waals surface area contributed by atoms with Crippen molar-refractivity contribution in [1.29, 1.82) is 0 Å². The number of halogens is 2. The smallest absolute Gasteiger partial charge is 0.238 e. The first-order valence-electron chi connectivity index (χ1n) is 9.06. The van der Waals surface area contributed by atoms with E-state index in [-0.39, 0.29) is 24.0 Å². The lowest BCUT2D eigenvalue weighted by Crippen LogP contribution is -2.39. The van der Waals surface area contributed by atoms with E-state index in [0.29, 0.717) is 53.2 Å². The average Bonchev–Trinajstić information content (AvgIpc) is 2.74. The fourth-order valence-electron chi connectivity index (χ4n) is 3.57. The largest absolute Gasteiger partial charge is 0.497 e. The summed E-state index contributed by atoms with van der Waals surface area (Å²) in [6.07, 6.45) is 1.55. The molecule has 1 aromatic heterocycles. The molecule has 0 saturated carbocycles. The zero-order valence-corrected chi connectivity index (χ0v) is 18.0. The Morgan fingerprint density at radius 2 is 1.90 bits per heavy atom. The van der Waals surface area contributed by atoms with Crippen LogP contribution in [0.4, 0.5) is 20.2 Å². The maximum atomic E-state index is 14.7. The maximum absolute atomic E-state index is 14.7. The van der Waals surface area contributed by atoms with E-state index in [4.69, 9.17) is 9.88 Å². The van der Waals surface area contributed by atoms with E-state index in [9.17, 15) is 21.4 Å². The number of ether oxygens (including phenoxy) is 1. The topological polar surface area (TPSA) is 106 Å². The summed E-state index contributed by atoms with van der Waals surface area (Å²) in [4.78, 5) is 5.50. The Morgan fingerprint density at radius 1 is 1.19 bits per heavy atom. The molecular formula is C19H18F2N4O4S2. The summed E-state index contributed by atoms with van der Waals surface area (Å²) >= 11 is -0.231. The third-order valence-electron chi connectivity index (χ3n) is 5.10. The van der Waals surface area contributed by atoms with Gasteiger partial charge in [-0.2, -0.15) is 0 Å². The Morgan fingerprint density at radius 3 is 2.52 bits per heavy atom. The van der Waals surface area contributed by atoms with Gasteiger partial charge in [-0.25, -0.2) is 26.5 Å². The minimum absolute atomic E-state index is 0.176. The standard InChI is InChI=1S/C19H18F2N4O4S2/c1-29-11-2-3-13-17(6-11)23-9-18-19(13)24(4-5-25(18)30-26)10-14-15(20)7-12(8-16(14)21)31(22,27)28/h2-3,6-9,30H,4-5,10H2,1H3,(H2,22,27,28). The molecule has 1 aliphatic rings. The van der Waals surface area contributed by atoms with Crippen LogP contribution in [0.3, 0.4) is 0 Å². The van der Waals surface area contributed by atoms with Gasteiger partial charge in [-0.3, -0.25) is 9.29 Å². The highest BCUT2D eigenvalue weighted by molar-refractivity contribution is 7.89. The zero-order valence-electron chi connectivity index (χ0n) is 16.2. The normalized spacial score (nSPS) is 14.1. The van der Waals surface area contributed by atoms with Gasteiger partial charge in [0.2, 0.25) is 10.0 Å². The third-order valence-corrected chi connectivity index (χ3v) is 6.60. The van der Waals surface area contributed by atoms with Crippen molar-refractivity contribution < 1.29 is 26.1 Å². The van der Waals surface area contributed by atoms with Gasteiger partial charge in [0.1, 0.15) is 29.2 Å². The van der Waals surface area contributed by atoms with Crippen molar-refractivity contribution in [3.05, 3.63) is 53.7 Å². The average molecular weight is 469 g/mol. The fraction of sp³-hybridized carbons (Fsp3) is 0.211. The monoisotopic (exact) mass is 468 g/mol.